The van der Waals surface area contributed by atoms with Crippen LogP contribution in [0.5, 0.6) is 0 Å². The van der Waals surface area contributed by atoms with Gasteiger partial charge in [-0.3, -0.25) is 4.79 Å². The van der Waals surface area contributed by atoms with Crippen molar-refractivity contribution in [3.8, 4) is 0 Å². The fourth-order valence-electron chi connectivity index (χ4n) is 2.28. The molecule has 0 aliphatic rings. The first-order valence-electron chi connectivity index (χ1n) is 6.06. The van der Waals surface area contributed by atoms with Gasteiger partial charge >= 0.3 is 0 Å². The van der Waals surface area contributed by atoms with Gasteiger partial charge in [0.2, 0.25) is 0 Å². The van der Waals surface area contributed by atoms with E-state index in [9.17, 15) is 4.79 Å². The standard InChI is InChI=1S/C14H13BrN4O/c1-19(2)7-3-4-8-10(5-7)17-13-9(14(16)20)6-11(15)18-12(8)13/h3-6,17H,1-2H3,(H2,16,20). The van der Waals surface area contributed by atoms with Crippen molar-refractivity contribution in [2.24, 2.45) is 5.73 Å². The zero-order valence-corrected chi connectivity index (χ0v) is 12.7. The quantitative estimate of drug-likeness (QED) is 0.708. The number of H-pyrrole nitrogens is 1. The second-order valence-electron chi connectivity index (χ2n) is 4.83. The lowest BCUT2D eigenvalue weighted by molar-refractivity contribution is 0.100. The number of carbonyl (C=O) groups excluding carboxylic acids is 1. The van der Waals surface area contributed by atoms with E-state index in [4.69, 9.17) is 5.73 Å². The van der Waals surface area contributed by atoms with Gasteiger partial charge in [0.05, 0.1) is 22.1 Å². The van der Waals surface area contributed by atoms with Gasteiger partial charge in [0.15, 0.2) is 0 Å². The van der Waals surface area contributed by atoms with E-state index < -0.39 is 5.91 Å². The van der Waals surface area contributed by atoms with Gasteiger partial charge in [-0.1, -0.05) is 0 Å². The molecule has 6 heteroatoms. The smallest absolute Gasteiger partial charge is 0.250 e. The summed E-state index contributed by atoms with van der Waals surface area (Å²) in [7, 11) is 3.96. The topological polar surface area (TPSA) is 75.0 Å². The highest BCUT2D eigenvalue weighted by atomic mass is 79.9. The molecule has 0 aliphatic carbocycles. The molecule has 0 bridgehead atoms. The molecule has 3 N–H and O–H groups in total. The molecule has 0 fully saturated rings. The molecule has 1 aromatic carbocycles. The zero-order chi connectivity index (χ0) is 14.4. The van der Waals surface area contributed by atoms with E-state index in [1.54, 1.807) is 6.07 Å². The van der Waals surface area contributed by atoms with Crippen LogP contribution in [-0.4, -0.2) is 30.0 Å². The molecule has 3 rings (SSSR count). The van der Waals surface area contributed by atoms with Crippen molar-refractivity contribution in [2.45, 2.75) is 0 Å². The van der Waals surface area contributed by atoms with Crippen LogP contribution < -0.4 is 10.6 Å². The Hall–Kier alpha value is -2.08. The van der Waals surface area contributed by atoms with Crippen molar-refractivity contribution in [3.63, 3.8) is 0 Å². The molecule has 0 radical (unpaired) electrons. The molecular formula is C14H13BrN4O. The summed E-state index contributed by atoms with van der Waals surface area (Å²) in [6, 6.07) is 7.67. The monoisotopic (exact) mass is 332 g/mol. The molecule has 5 nitrogen and oxygen atoms in total. The van der Waals surface area contributed by atoms with Crippen LogP contribution in [0.15, 0.2) is 28.9 Å². The van der Waals surface area contributed by atoms with Crippen molar-refractivity contribution < 1.29 is 4.79 Å². The summed E-state index contributed by atoms with van der Waals surface area (Å²) < 4.78 is 0.594. The maximum Gasteiger partial charge on any atom is 0.250 e. The Bertz CT molecular complexity index is 838. The second kappa shape index (κ2) is 4.49. The third kappa shape index (κ3) is 1.92. The van der Waals surface area contributed by atoms with Crippen LogP contribution in [0.25, 0.3) is 21.9 Å². The summed E-state index contributed by atoms with van der Waals surface area (Å²) in [5, 5.41) is 0.967. The number of nitrogens with one attached hydrogen (secondary N) is 1. The number of aromatic nitrogens is 2. The van der Waals surface area contributed by atoms with Crippen LogP contribution in [0.2, 0.25) is 0 Å². The maximum atomic E-state index is 11.6. The van der Waals surface area contributed by atoms with Gasteiger partial charge in [0.1, 0.15) is 4.60 Å². The summed E-state index contributed by atoms with van der Waals surface area (Å²) in [5.41, 5.74) is 9.29. The summed E-state index contributed by atoms with van der Waals surface area (Å²) in [6.45, 7) is 0. The number of benzene rings is 1. The molecule has 102 valence electrons. The largest absolute Gasteiger partial charge is 0.378 e. The van der Waals surface area contributed by atoms with Crippen molar-refractivity contribution in [1.82, 2.24) is 9.97 Å². The van der Waals surface area contributed by atoms with Crippen molar-refractivity contribution in [2.75, 3.05) is 19.0 Å². The molecule has 20 heavy (non-hydrogen) atoms. The molecule has 3 aromatic rings. The lowest BCUT2D eigenvalue weighted by Crippen LogP contribution is -2.11. The lowest BCUT2D eigenvalue weighted by atomic mass is 10.1. The van der Waals surface area contributed by atoms with E-state index in [-0.39, 0.29) is 0 Å². The van der Waals surface area contributed by atoms with Crippen molar-refractivity contribution in [1.29, 1.82) is 0 Å². The molecule has 0 unspecified atom stereocenters. The third-order valence-corrected chi connectivity index (χ3v) is 3.69. The first kappa shape index (κ1) is 12.9. The number of halogens is 1. The third-order valence-electron chi connectivity index (χ3n) is 3.29. The Morgan fingerprint density at radius 3 is 2.75 bits per heavy atom. The average molecular weight is 333 g/mol. The van der Waals surface area contributed by atoms with E-state index >= 15 is 0 Å². The molecular weight excluding hydrogens is 320 g/mol. The molecule has 0 aliphatic heterocycles. The Morgan fingerprint density at radius 2 is 2.10 bits per heavy atom. The predicted molar refractivity (Wildman–Crippen MR) is 84.1 cm³/mol. The number of primary amides is 1. The summed E-state index contributed by atoms with van der Waals surface area (Å²) in [4.78, 5) is 21.3. The highest BCUT2D eigenvalue weighted by Crippen LogP contribution is 2.30. The van der Waals surface area contributed by atoms with Gasteiger partial charge in [-0.2, -0.15) is 0 Å². The van der Waals surface area contributed by atoms with E-state index in [1.807, 2.05) is 37.2 Å². The van der Waals surface area contributed by atoms with Gasteiger partial charge in [-0.15, -0.1) is 0 Å². The SMILES string of the molecule is CN(C)c1ccc2c(c1)[nH]c1c(C(N)=O)cc(Br)nc12. The number of pyridine rings is 1. The summed E-state index contributed by atoms with van der Waals surface area (Å²) >= 11 is 3.32. The maximum absolute atomic E-state index is 11.6. The van der Waals surface area contributed by atoms with Gasteiger partial charge in [-0.05, 0) is 40.2 Å². The van der Waals surface area contributed by atoms with E-state index in [0.717, 1.165) is 22.1 Å². The second-order valence-corrected chi connectivity index (χ2v) is 5.64. The number of hydrogen-bond acceptors (Lipinski definition) is 3. The highest BCUT2D eigenvalue weighted by molar-refractivity contribution is 9.10. The van der Waals surface area contributed by atoms with Crippen LogP contribution in [0.3, 0.4) is 0 Å². The Labute approximate surface area is 123 Å². The molecule has 0 atom stereocenters. The minimum absolute atomic E-state index is 0.435. The normalized spacial score (nSPS) is 11.2. The van der Waals surface area contributed by atoms with Gasteiger partial charge in [0, 0.05) is 25.2 Å². The van der Waals surface area contributed by atoms with E-state index in [0.29, 0.717) is 15.7 Å². The number of aromatic amines is 1. The Balaban J connectivity index is 2.41. The Morgan fingerprint density at radius 1 is 1.35 bits per heavy atom. The van der Waals surface area contributed by atoms with E-state index in [2.05, 4.69) is 25.9 Å². The van der Waals surface area contributed by atoms with Crippen LogP contribution in [0, 0.1) is 0 Å². The van der Waals surface area contributed by atoms with Crippen LogP contribution >= 0.6 is 15.9 Å². The summed E-state index contributed by atoms with van der Waals surface area (Å²) in [6.07, 6.45) is 0. The fourth-order valence-corrected chi connectivity index (χ4v) is 2.69. The number of hydrogen-bond donors (Lipinski definition) is 2. The average Bonchev–Trinajstić information content (AvgIpc) is 2.75. The number of anilines is 1. The molecule has 2 heterocycles. The molecule has 0 saturated heterocycles. The molecule has 0 saturated carbocycles. The van der Waals surface area contributed by atoms with Crippen LogP contribution in [0.4, 0.5) is 5.69 Å². The van der Waals surface area contributed by atoms with Crippen molar-refractivity contribution in [3.05, 3.63) is 34.4 Å². The molecule has 0 spiro atoms. The number of carbonyl (C=O) groups is 1. The number of nitrogens with zero attached hydrogens (tertiary/aromatic N) is 2. The van der Waals surface area contributed by atoms with Crippen LogP contribution in [-0.2, 0) is 0 Å². The minimum Gasteiger partial charge on any atom is -0.378 e. The van der Waals surface area contributed by atoms with Gasteiger partial charge in [-0.25, -0.2) is 4.98 Å². The lowest BCUT2D eigenvalue weighted by Gasteiger charge is -2.11. The first-order valence-corrected chi connectivity index (χ1v) is 6.86. The number of rotatable bonds is 2. The highest BCUT2D eigenvalue weighted by Gasteiger charge is 2.14. The van der Waals surface area contributed by atoms with Crippen LogP contribution in [0.1, 0.15) is 10.4 Å². The molecule has 1 amide bonds. The molecule has 2 aromatic heterocycles. The zero-order valence-electron chi connectivity index (χ0n) is 11.1. The number of fused-ring (bicyclic) bond motifs is 3. The first-order chi connectivity index (χ1) is 9.47. The predicted octanol–water partition coefficient (Wildman–Crippen LogP) is 2.64. The minimum atomic E-state index is -0.475. The Kier molecular flexibility index (Phi) is 2.90. The van der Waals surface area contributed by atoms with Crippen molar-refractivity contribution >= 4 is 49.5 Å². The van der Waals surface area contributed by atoms with Gasteiger partial charge < -0.3 is 15.6 Å². The van der Waals surface area contributed by atoms with Gasteiger partial charge in [0.25, 0.3) is 5.91 Å². The van der Waals surface area contributed by atoms with E-state index in [1.165, 1.54) is 0 Å². The fraction of sp³-hybridized carbons (Fsp3) is 0.143. The number of nitrogens with two attached hydrogens (primary N) is 1. The number of amides is 1. The summed E-state index contributed by atoms with van der Waals surface area (Å²) in [5.74, 6) is -0.475.